The van der Waals surface area contributed by atoms with Gasteiger partial charge in [-0.25, -0.2) is 13.4 Å². The second-order valence-corrected chi connectivity index (χ2v) is 10.4. The van der Waals surface area contributed by atoms with E-state index < -0.39 is 33.4 Å². The molecule has 1 fully saturated rings. The van der Waals surface area contributed by atoms with E-state index in [9.17, 15) is 18.0 Å². The number of carbonyl (C=O) groups excluding carboxylic acids is 2. The molecule has 182 valence electrons. The maximum atomic E-state index is 13.7. The largest absolute Gasteiger partial charge is 0.493 e. The average Bonchev–Trinajstić information content (AvgIpc) is 3.08. The minimum atomic E-state index is -3.57. The zero-order valence-corrected chi connectivity index (χ0v) is 20.2. The Bertz CT molecular complexity index is 1210. The smallest absolute Gasteiger partial charge is 0.265 e. The molecule has 11 heteroatoms. The van der Waals surface area contributed by atoms with E-state index >= 15 is 0 Å². The van der Waals surface area contributed by atoms with Crippen LogP contribution in [0.25, 0.3) is 0 Å². The molecule has 0 radical (unpaired) electrons. The van der Waals surface area contributed by atoms with Gasteiger partial charge < -0.3 is 19.7 Å². The predicted octanol–water partition coefficient (Wildman–Crippen LogP) is 1.28. The Morgan fingerprint density at radius 1 is 1.12 bits per heavy atom. The van der Waals surface area contributed by atoms with E-state index in [1.54, 1.807) is 18.2 Å². The Morgan fingerprint density at radius 2 is 1.85 bits per heavy atom. The SMILES string of the molecule is CCOc1cc([C@@H](CS(C)(=O)=O)N2C(=O)c3ccnc(N4CCNCC4)c3C2=O)ccc1OC. The summed E-state index contributed by atoms with van der Waals surface area (Å²) in [5.41, 5.74) is 0.901. The van der Waals surface area contributed by atoms with Crippen LogP contribution in [-0.4, -0.2) is 82.0 Å². The third-order valence-electron chi connectivity index (χ3n) is 5.87. The van der Waals surface area contributed by atoms with Crippen molar-refractivity contribution in [1.29, 1.82) is 0 Å². The van der Waals surface area contributed by atoms with Crippen molar-refractivity contribution < 1.29 is 27.5 Å². The van der Waals surface area contributed by atoms with Gasteiger partial charge in [-0.2, -0.15) is 0 Å². The number of nitrogens with one attached hydrogen (secondary N) is 1. The number of benzene rings is 1. The Hall–Kier alpha value is -3.18. The second-order valence-electron chi connectivity index (χ2n) is 8.23. The minimum absolute atomic E-state index is 0.214. The van der Waals surface area contributed by atoms with Crippen molar-refractivity contribution in [3.63, 3.8) is 0 Å². The molecule has 1 saturated heterocycles. The number of ether oxygens (including phenoxy) is 2. The molecule has 1 aromatic carbocycles. The fourth-order valence-corrected chi connectivity index (χ4v) is 5.27. The number of fused-ring (bicyclic) bond motifs is 1. The molecule has 1 N–H and O–H groups in total. The zero-order valence-electron chi connectivity index (χ0n) is 19.4. The molecule has 2 aliphatic heterocycles. The van der Waals surface area contributed by atoms with Crippen LogP contribution in [0.1, 0.15) is 39.2 Å². The number of amides is 2. The van der Waals surface area contributed by atoms with Gasteiger partial charge in [0.25, 0.3) is 11.8 Å². The molecule has 3 heterocycles. The highest BCUT2D eigenvalue weighted by molar-refractivity contribution is 7.90. The molecule has 0 bridgehead atoms. The van der Waals surface area contributed by atoms with Crippen LogP contribution in [0.5, 0.6) is 11.5 Å². The normalized spacial score (nSPS) is 17.0. The van der Waals surface area contributed by atoms with Crippen molar-refractivity contribution in [3.05, 3.63) is 47.2 Å². The Kier molecular flexibility index (Phi) is 6.76. The lowest BCUT2D eigenvalue weighted by Gasteiger charge is -2.30. The first-order valence-electron chi connectivity index (χ1n) is 11.1. The molecule has 0 aliphatic carbocycles. The summed E-state index contributed by atoms with van der Waals surface area (Å²) in [7, 11) is -2.07. The lowest BCUT2D eigenvalue weighted by atomic mass is 10.1. The van der Waals surface area contributed by atoms with E-state index in [0.717, 1.165) is 24.2 Å². The summed E-state index contributed by atoms with van der Waals surface area (Å²) in [5.74, 6) is -0.197. The van der Waals surface area contributed by atoms with Crippen molar-refractivity contribution >= 4 is 27.5 Å². The van der Waals surface area contributed by atoms with Gasteiger partial charge in [-0.05, 0) is 30.7 Å². The van der Waals surface area contributed by atoms with E-state index in [4.69, 9.17) is 9.47 Å². The average molecular weight is 489 g/mol. The van der Waals surface area contributed by atoms with Crippen molar-refractivity contribution in [2.45, 2.75) is 13.0 Å². The first-order chi connectivity index (χ1) is 16.2. The summed E-state index contributed by atoms with van der Waals surface area (Å²) in [6, 6.07) is 5.39. The van der Waals surface area contributed by atoms with E-state index in [2.05, 4.69) is 10.3 Å². The van der Waals surface area contributed by atoms with E-state index in [1.165, 1.54) is 19.4 Å². The van der Waals surface area contributed by atoms with Crippen LogP contribution in [0.15, 0.2) is 30.5 Å². The molecule has 2 aromatic rings. The van der Waals surface area contributed by atoms with E-state index in [-0.39, 0.29) is 11.1 Å². The molecule has 1 atom stereocenters. The summed E-state index contributed by atoms with van der Waals surface area (Å²) in [6.07, 6.45) is 2.59. The van der Waals surface area contributed by atoms with Gasteiger partial charge in [0.1, 0.15) is 15.7 Å². The highest BCUT2D eigenvalue weighted by Crippen LogP contribution is 2.38. The van der Waals surface area contributed by atoms with Crippen LogP contribution >= 0.6 is 0 Å². The predicted molar refractivity (Wildman–Crippen MR) is 126 cm³/mol. The van der Waals surface area contributed by atoms with Gasteiger partial charge in [-0.1, -0.05) is 6.07 Å². The summed E-state index contributed by atoms with van der Waals surface area (Å²) in [5, 5.41) is 3.25. The van der Waals surface area contributed by atoms with Gasteiger partial charge in [0.05, 0.1) is 36.6 Å². The number of piperazine rings is 1. The molecular formula is C23H28N4O6S. The zero-order chi connectivity index (χ0) is 24.5. The molecule has 1 aromatic heterocycles. The summed E-state index contributed by atoms with van der Waals surface area (Å²) in [4.78, 5) is 34.6. The van der Waals surface area contributed by atoms with Crippen LogP contribution < -0.4 is 19.7 Å². The van der Waals surface area contributed by atoms with Crippen molar-refractivity contribution in [2.75, 3.05) is 56.8 Å². The number of anilines is 1. The van der Waals surface area contributed by atoms with Crippen molar-refractivity contribution in [3.8, 4) is 11.5 Å². The first-order valence-corrected chi connectivity index (χ1v) is 13.1. The third-order valence-corrected chi connectivity index (χ3v) is 6.80. The fraction of sp³-hybridized carbons (Fsp3) is 0.435. The maximum Gasteiger partial charge on any atom is 0.265 e. The lowest BCUT2D eigenvalue weighted by molar-refractivity contribution is 0.0597. The van der Waals surface area contributed by atoms with Crippen LogP contribution in [0, 0.1) is 0 Å². The standard InChI is InChI=1S/C23H28N4O6S/c1-4-33-19-13-15(5-6-18(19)32-2)17(14-34(3,30)31)27-22(28)16-7-8-25-21(20(16)23(27)29)26-11-9-24-10-12-26/h5-8,13,17,24H,4,9-12,14H2,1-3H3/t17-/m1/s1. The molecule has 0 unspecified atom stereocenters. The van der Waals surface area contributed by atoms with Crippen LogP contribution in [0.4, 0.5) is 5.82 Å². The Morgan fingerprint density at radius 3 is 2.50 bits per heavy atom. The van der Waals surface area contributed by atoms with Crippen LogP contribution in [0.3, 0.4) is 0 Å². The third kappa shape index (κ3) is 4.58. The number of carbonyl (C=O) groups is 2. The monoisotopic (exact) mass is 488 g/mol. The van der Waals surface area contributed by atoms with Crippen LogP contribution in [0.2, 0.25) is 0 Å². The summed E-state index contributed by atoms with van der Waals surface area (Å²) >= 11 is 0. The first kappa shape index (κ1) is 24.0. The molecule has 2 amide bonds. The molecule has 2 aliphatic rings. The topological polar surface area (TPSA) is 118 Å². The number of hydrogen-bond acceptors (Lipinski definition) is 9. The number of imide groups is 1. The minimum Gasteiger partial charge on any atom is -0.493 e. The highest BCUT2D eigenvalue weighted by Gasteiger charge is 2.44. The lowest BCUT2D eigenvalue weighted by Crippen LogP contribution is -2.44. The van der Waals surface area contributed by atoms with Gasteiger partial charge in [-0.15, -0.1) is 0 Å². The molecule has 10 nitrogen and oxygen atoms in total. The number of sulfone groups is 1. The van der Waals surface area contributed by atoms with Crippen LogP contribution in [-0.2, 0) is 9.84 Å². The Labute approximate surface area is 198 Å². The van der Waals surface area contributed by atoms with Gasteiger partial charge in [0, 0.05) is 38.6 Å². The van der Waals surface area contributed by atoms with Gasteiger partial charge in [0.15, 0.2) is 11.5 Å². The number of hydrogen-bond donors (Lipinski definition) is 1. The second kappa shape index (κ2) is 9.59. The van der Waals surface area contributed by atoms with Crippen molar-refractivity contribution in [1.82, 2.24) is 15.2 Å². The molecule has 0 spiro atoms. The van der Waals surface area contributed by atoms with Gasteiger partial charge in [-0.3, -0.25) is 14.5 Å². The summed E-state index contributed by atoms with van der Waals surface area (Å²) < 4.78 is 35.7. The number of pyridine rings is 1. The highest BCUT2D eigenvalue weighted by atomic mass is 32.2. The molecule has 4 rings (SSSR count). The van der Waals surface area contributed by atoms with Gasteiger partial charge in [0.2, 0.25) is 0 Å². The number of aromatic nitrogens is 1. The van der Waals surface area contributed by atoms with Gasteiger partial charge >= 0.3 is 0 Å². The fourth-order valence-electron chi connectivity index (χ4n) is 4.36. The number of methoxy groups -OCH3 is 1. The summed E-state index contributed by atoms with van der Waals surface area (Å²) in [6.45, 7) is 4.94. The number of nitrogens with zero attached hydrogens (tertiary/aromatic N) is 3. The molecular weight excluding hydrogens is 460 g/mol. The maximum absolute atomic E-state index is 13.7. The Balaban J connectivity index is 1.79. The number of rotatable bonds is 8. The van der Waals surface area contributed by atoms with E-state index in [1.807, 2.05) is 11.8 Å². The molecule has 34 heavy (non-hydrogen) atoms. The van der Waals surface area contributed by atoms with E-state index in [0.29, 0.717) is 42.6 Å². The molecule has 0 saturated carbocycles. The van der Waals surface area contributed by atoms with Crippen molar-refractivity contribution in [2.24, 2.45) is 0 Å². The quantitative estimate of drug-likeness (QED) is 0.548.